The first-order valence-corrected chi connectivity index (χ1v) is 9.69. The molecule has 1 N–H and O–H groups in total. The lowest BCUT2D eigenvalue weighted by molar-refractivity contribution is 0.0127. The van der Waals surface area contributed by atoms with Crippen molar-refractivity contribution < 1.29 is 9.53 Å². The van der Waals surface area contributed by atoms with Gasteiger partial charge in [-0.2, -0.15) is 0 Å². The van der Waals surface area contributed by atoms with E-state index in [0.717, 1.165) is 23.0 Å². The average Bonchev–Trinajstić information content (AvgIpc) is 3.10. The van der Waals surface area contributed by atoms with Crippen molar-refractivity contribution in [3.63, 3.8) is 0 Å². The second-order valence-corrected chi connectivity index (χ2v) is 8.61. The molecule has 1 aliphatic heterocycles. The summed E-state index contributed by atoms with van der Waals surface area (Å²) in [5, 5.41) is 1.51. The van der Waals surface area contributed by atoms with Crippen LogP contribution in [-0.4, -0.2) is 44.2 Å². The van der Waals surface area contributed by atoms with Crippen LogP contribution in [0.3, 0.4) is 0 Å². The first-order valence-electron chi connectivity index (χ1n) is 9.69. The first-order chi connectivity index (χ1) is 13.2. The number of aromatic nitrogens is 3. The van der Waals surface area contributed by atoms with Crippen LogP contribution in [0.5, 0.6) is 0 Å². The summed E-state index contributed by atoms with van der Waals surface area (Å²) < 4.78 is 7.71. The Morgan fingerprint density at radius 3 is 2.82 bits per heavy atom. The van der Waals surface area contributed by atoms with Gasteiger partial charge in [-0.05, 0) is 39.2 Å². The van der Waals surface area contributed by atoms with Gasteiger partial charge in [0.2, 0.25) is 0 Å². The number of nitrogens with zero attached hydrogens (tertiary/aromatic N) is 3. The topological polar surface area (TPSA) is 80.2 Å². The summed E-state index contributed by atoms with van der Waals surface area (Å²) in [7, 11) is 0. The highest BCUT2D eigenvalue weighted by Gasteiger charge is 2.33. The standard InChI is InChI=1S/C21H26N4O3/c1-13-6-9-24(20(27)28-21(2,3)4)12-16(13)25-10-7-17(26)15-11-23-19-14(18(15)25)5-8-22-19/h5,7-8,10-11,13,16H,6,9,12H2,1-4H3,(H,22,23)/t13-,16+/m1/s1. The number of carbonyl (C=O) groups excluding carboxylic acids is 1. The molecule has 148 valence electrons. The minimum absolute atomic E-state index is 0.0462. The summed E-state index contributed by atoms with van der Waals surface area (Å²) in [6, 6.07) is 3.58. The molecule has 2 atom stereocenters. The van der Waals surface area contributed by atoms with E-state index in [-0.39, 0.29) is 17.6 Å². The summed E-state index contributed by atoms with van der Waals surface area (Å²) in [6.07, 6.45) is 5.89. The second kappa shape index (κ2) is 6.65. The van der Waals surface area contributed by atoms with Crippen molar-refractivity contribution in [2.24, 2.45) is 5.92 Å². The molecule has 7 heteroatoms. The van der Waals surface area contributed by atoms with E-state index in [1.165, 1.54) is 0 Å². The maximum absolute atomic E-state index is 12.6. The van der Waals surface area contributed by atoms with Gasteiger partial charge in [0.15, 0.2) is 5.43 Å². The minimum Gasteiger partial charge on any atom is -0.444 e. The second-order valence-electron chi connectivity index (χ2n) is 8.61. The van der Waals surface area contributed by atoms with E-state index in [2.05, 4.69) is 21.5 Å². The van der Waals surface area contributed by atoms with Gasteiger partial charge in [0.05, 0.1) is 16.9 Å². The Morgan fingerprint density at radius 1 is 1.29 bits per heavy atom. The molecule has 0 unspecified atom stereocenters. The fraction of sp³-hybridized carbons (Fsp3) is 0.476. The number of hydrogen-bond acceptors (Lipinski definition) is 4. The highest BCUT2D eigenvalue weighted by molar-refractivity contribution is 6.02. The summed E-state index contributed by atoms with van der Waals surface area (Å²) in [5.74, 6) is 0.353. The van der Waals surface area contributed by atoms with Gasteiger partial charge < -0.3 is 19.2 Å². The number of likely N-dealkylation sites (tertiary alicyclic amines) is 1. The van der Waals surface area contributed by atoms with E-state index in [1.54, 1.807) is 17.2 Å². The number of ether oxygens (including phenoxy) is 1. The molecule has 3 aromatic rings. The van der Waals surface area contributed by atoms with Crippen molar-refractivity contribution in [2.75, 3.05) is 13.1 Å². The van der Waals surface area contributed by atoms with E-state index in [4.69, 9.17) is 4.74 Å². The normalized spacial score (nSPS) is 20.6. The van der Waals surface area contributed by atoms with Crippen LogP contribution in [0, 0.1) is 5.92 Å². The molecular formula is C21H26N4O3. The molecule has 0 spiro atoms. The fourth-order valence-corrected chi connectivity index (χ4v) is 3.94. The van der Waals surface area contributed by atoms with E-state index >= 15 is 0 Å². The molecule has 4 heterocycles. The Bertz CT molecular complexity index is 1090. The van der Waals surface area contributed by atoms with E-state index < -0.39 is 5.60 Å². The van der Waals surface area contributed by atoms with Crippen molar-refractivity contribution in [1.29, 1.82) is 0 Å². The van der Waals surface area contributed by atoms with Gasteiger partial charge in [0.1, 0.15) is 11.2 Å². The summed E-state index contributed by atoms with van der Waals surface area (Å²) in [6.45, 7) is 9.03. The third-order valence-electron chi connectivity index (χ3n) is 5.40. The molecule has 4 rings (SSSR count). The highest BCUT2D eigenvalue weighted by atomic mass is 16.6. The van der Waals surface area contributed by atoms with Crippen LogP contribution in [0.2, 0.25) is 0 Å². The van der Waals surface area contributed by atoms with Gasteiger partial charge in [-0.25, -0.2) is 9.78 Å². The molecule has 1 amide bonds. The van der Waals surface area contributed by atoms with Gasteiger partial charge in [-0.3, -0.25) is 4.79 Å². The quantitative estimate of drug-likeness (QED) is 0.696. The number of hydrogen-bond donors (Lipinski definition) is 1. The maximum atomic E-state index is 12.6. The summed E-state index contributed by atoms with van der Waals surface area (Å²) in [5.41, 5.74) is 1.04. The fourth-order valence-electron chi connectivity index (χ4n) is 3.94. The van der Waals surface area contributed by atoms with Gasteiger partial charge in [-0.15, -0.1) is 0 Å². The molecule has 0 radical (unpaired) electrons. The third kappa shape index (κ3) is 3.25. The third-order valence-corrected chi connectivity index (χ3v) is 5.40. The van der Waals surface area contributed by atoms with Gasteiger partial charge in [0, 0.05) is 43.1 Å². The molecule has 28 heavy (non-hydrogen) atoms. The smallest absolute Gasteiger partial charge is 0.410 e. The Morgan fingerprint density at radius 2 is 2.07 bits per heavy atom. The number of pyridine rings is 2. The molecule has 0 aliphatic carbocycles. The Kier molecular flexibility index (Phi) is 4.40. The minimum atomic E-state index is -0.525. The van der Waals surface area contributed by atoms with Gasteiger partial charge in [0.25, 0.3) is 0 Å². The first kappa shape index (κ1) is 18.5. The van der Waals surface area contributed by atoms with Crippen molar-refractivity contribution in [1.82, 2.24) is 19.4 Å². The zero-order valence-corrected chi connectivity index (χ0v) is 16.7. The number of H-pyrrole nitrogens is 1. The Balaban J connectivity index is 1.78. The van der Waals surface area contributed by atoms with Gasteiger partial charge >= 0.3 is 6.09 Å². The average molecular weight is 382 g/mol. The number of piperidine rings is 1. The van der Waals surface area contributed by atoms with Crippen LogP contribution in [0.15, 0.2) is 35.5 Å². The Hall–Kier alpha value is -2.83. The van der Waals surface area contributed by atoms with Crippen molar-refractivity contribution >= 4 is 28.0 Å². The molecule has 1 aliphatic rings. The maximum Gasteiger partial charge on any atom is 0.410 e. The summed E-state index contributed by atoms with van der Waals surface area (Å²) >= 11 is 0. The van der Waals surface area contributed by atoms with Crippen molar-refractivity contribution in [2.45, 2.75) is 45.8 Å². The molecule has 1 saturated heterocycles. The SMILES string of the molecule is C[C@@H]1CCN(C(=O)OC(C)(C)C)C[C@@H]1n1ccc(=O)c2cnc3[nH]ccc3c21. The van der Waals surface area contributed by atoms with E-state index in [0.29, 0.717) is 24.4 Å². The number of nitrogens with one attached hydrogen (secondary N) is 1. The lowest BCUT2D eigenvalue weighted by Gasteiger charge is -2.39. The largest absolute Gasteiger partial charge is 0.444 e. The monoisotopic (exact) mass is 382 g/mol. The number of fused-ring (bicyclic) bond motifs is 3. The Labute approximate surface area is 163 Å². The van der Waals surface area contributed by atoms with Crippen LogP contribution >= 0.6 is 0 Å². The molecule has 3 aromatic heterocycles. The van der Waals surface area contributed by atoms with Crippen molar-refractivity contribution in [3.8, 4) is 0 Å². The predicted octanol–water partition coefficient (Wildman–Crippen LogP) is 3.70. The molecule has 0 saturated carbocycles. The predicted molar refractivity (Wildman–Crippen MR) is 108 cm³/mol. The van der Waals surface area contributed by atoms with Crippen LogP contribution in [0.4, 0.5) is 4.79 Å². The molecule has 0 bridgehead atoms. The van der Waals surface area contributed by atoms with Crippen molar-refractivity contribution in [3.05, 3.63) is 40.9 Å². The van der Waals surface area contributed by atoms with E-state index in [9.17, 15) is 9.59 Å². The highest BCUT2D eigenvalue weighted by Crippen LogP contribution is 2.32. The lowest BCUT2D eigenvalue weighted by Crippen LogP contribution is -2.46. The number of carbonyl (C=O) groups is 1. The van der Waals surface area contributed by atoms with Crippen LogP contribution in [0.25, 0.3) is 21.9 Å². The summed E-state index contributed by atoms with van der Waals surface area (Å²) in [4.78, 5) is 34.3. The molecule has 7 nitrogen and oxygen atoms in total. The zero-order chi connectivity index (χ0) is 20.1. The molecule has 1 fully saturated rings. The number of rotatable bonds is 1. The molecule has 0 aromatic carbocycles. The van der Waals surface area contributed by atoms with Crippen LogP contribution in [-0.2, 0) is 4.74 Å². The zero-order valence-electron chi connectivity index (χ0n) is 16.7. The van der Waals surface area contributed by atoms with E-state index in [1.807, 2.05) is 39.2 Å². The number of amides is 1. The number of aromatic amines is 1. The lowest BCUT2D eigenvalue weighted by atomic mass is 9.92. The molecular weight excluding hydrogens is 356 g/mol. The van der Waals surface area contributed by atoms with Gasteiger partial charge in [-0.1, -0.05) is 6.92 Å². The van der Waals surface area contributed by atoms with Crippen LogP contribution < -0.4 is 5.43 Å². The van der Waals surface area contributed by atoms with Crippen LogP contribution in [0.1, 0.15) is 40.2 Å².